The molecule has 0 aliphatic rings. The zero-order valence-electron chi connectivity index (χ0n) is 11.0. The lowest BCUT2D eigenvalue weighted by atomic mass is 10.2. The Labute approximate surface area is 126 Å². The second kappa shape index (κ2) is 5.41. The molecule has 0 saturated carbocycles. The average Bonchev–Trinajstić information content (AvgIpc) is 2.30. The van der Waals surface area contributed by atoms with Crippen molar-refractivity contribution in [3.05, 3.63) is 46.1 Å². The van der Waals surface area contributed by atoms with Gasteiger partial charge < -0.3 is 5.73 Å². The number of nitrogens with zero attached hydrogens (tertiary/aromatic N) is 1. The molecule has 0 bridgehead atoms. The van der Waals surface area contributed by atoms with Gasteiger partial charge in [0.25, 0.3) is 10.0 Å². The van der Waals surface area contributed by atoms with Crippen LogP contribution in [-0.4, -0.2) is 13.4 Å². The molecule has 0 spiro atoms. The van der Waals surface area contributed by atoms with Gasteiger partial charge in [-0.1, -0.05) is 0 Å². The Morgan fingerprint density at radius 1 is 1.20 bits per heavy atom. The first kappa shape index (κ1) is 14.8. The SMILES string of the molecule is Cc1cc(C)nc(NS(=O)(=O)c2ccc(Br)c(N)c2)c1. The lowest BCUT2D eigenvalue weighted by molar-refractivity contribution is 0.601. The maximum atomic E-state index is 12.3. The third-order valence-corrected chi connectivity index (χ3v) is 4.69. The molecule has 3 N–H and O–H groups in total. The number of hydrogen-bond donors (Lipinski definition) is 2. The summed E-state index contributed by atoms with van der Waals surface area (Å²) in [4.78, 5) is 4.25. The molecule has 0 amide bonds. The van der Waals surface area contributed by atoms with Gasteiger partial charge in [0.2, 0.25) is 0 Å². The van der Waals surface area contributed by atoms with Crippen LogP contribution in [0.2, 0.25) is 0 Å². The van der Waals surface area contributed by atoms with Gasteiger partial charge in [0.15, 0.2) is 0 Å². The van der Waals surface area contributed by atoms with E-state index in [4.69, 9.17) is 5.73 Å². The molecular weight excluding hydrogens is 342 g/mol. The van der Waals surface area contributed by atoms with Gasteiger partial charge >= 0.3 is 0 Å². The van der Waals surface area contributed by atoms with Crippen LogP contribution < -0.4 is 10.5 Å². The number of sulfonamides is 1. The van der Waals surface area contributed by atoms with Crippen molar-refractivity contribution in [2.45, 2.75) is 18.7 Å². The van der Waals surface area contributed by atoms with Crippen molar-refractivity contribution in [3.8, 4) is 0 Å². The number of nitrogens with one attached hydrogen (secondary N) is 1. The van der Waals surface area contributed by atoms with Crippen LogP contribution in [0.25, 0.3) is 0 Å². The van der Waals surface area contributed by atoms with Gasteiger partial charge in [-0.3, -0.25) is 4.72 Å². The first-order valence-electron chi connectivity index (χ1n) is 5.81. The van der Waals surface area contributed by atoms with E-state index in [1.54, 1.807) is 12.1 Å². The molecule has 1 aromatic carbocycles. The fraction of sp³-hybridized carbons (Fsp3) is 0.154. The zero-order chi connectivity index (χ0) is 14.9. The second-order valence-electron chi connectivity index (χ2n) is 4.46. The molecule has 2 aromatic rings. The molecule has 0 aliphatic carbocycles. The number of rotatable bonds is 3. The summed E-state index contributed by atoms with van der Waals surface area (Å²) in [6.45, 7) is 3.69. The molecular formula is C13H14BrN3O2S. The maximum absolute atomic E-state index is 12.3. The monoisotopic (exact) mass is 355 g/mol. The van der Waals surface area contributed by atoms with E-state index in [9.17, 15) is 8.42 Å². The Bertz CT molecular complexity index is 740. The van der Waals surface area contributed by atoms with Crippen molar-refractivity contribution in [1.29, 1.82) is 0 Å². The highest BCUT2D eigenvalue weighted by molar-refractivity contribution is 9.10. The largest absolute Gasteiger partial charge is 0.398 e. The molecule has 106 valence electrons. The highest BCUT2D eigenvalue weighted by atomic mass is 79.9. The number of pyridine rings is 1. The van der Waals surface area contributed by atoms with Crippen LogP contribution in [0.5, 0.6) is 0 Å². The Morgan fingerprint density at radius 3 is 2.50 bits per heavy atom. The van der Waals surface area contributed by atoms with Crippen LogP contribution >= 0.6 is 15.9 Å². The van der Waals surface area contributed by atoms with Gasteiger partial charge in [-0.2, -0.15) is 0 Å². The van der Waals surface area contributed by atoms with Gasteiger partial charge in [-0.05, 0) is 65.7 Å². The Balaban J connectivity index is 2.37. The summed E-state index contributed by atoms with van der Waals surface area (Å²) in [6.07, 6.45) is 0. The number of benzene rings is 1. The summed E-state index contributed by atoms with van der Waals surface area (Å²) < 4.78 is 27.6. The average molecular weight is 356 g/mol. The van der Waals surface area contributed by atoms with Gasteiger partial charge in [0.1, 0.15) is 5.82 Å². The highest BCUT2D eigenvalue weighted by Gasteiger charge is 2.16. The summed E-state index contributed by atoms with van der Waals surface area (Å²) in [5.41, 5.74) is 7.75. The van der Waals surface area contributed by atoms with Crippen molar-refractivity contribution < 1.29 is 8.42 Å². The van der Waals surface area contributed by atoms with Gasteiger partial charge in [0, 0.05) is 15.9 Å². The fourth-order valence-electron chi connectivity index (χ4n) is 1.78. The molecule has 1 aromatic heterocycles. The predicted octanol–water partition coefficient (Wildman–Crippen LogP) is 2.84. The molecule has 1 heterocycles. The van der Waals surface area contributed by atoms with Gasteiger partial charge in [0.05, 0.1) is 4.90 Å². The third-order valence-electron chi connectivity index (χ3n) is 2.61. The van der Waals surface area contributed by atoms with E-state index in [2.05, 4.69) is 25.6 Å². The summed E-state index contributed by atoms with van der Waals surface area (Å²) in [5, 5.41) is 0. The second-order valence-corrected chi connectivity index (χ2v) is 7.00. The molecule has 20 heavy (non-hydrogen) atoms. The van der Waals surface area contributed by atoms with Crippen LogP contribution in [0.15, 0.2) is 39.7 Å². The molecule has 0 radical (unpaired) electrons. The van der Waals surface area contributed by atoms with E-state index >= 15 is 0 Å². The van der Waals surface area contributed by atoms with E-state index in [-0.39, 0.29) is 4.90 Å². The van der Waals surface area contributed by atoms with Crippen molar-refractivity contribution in [2.75, 3.05) is 10.5 Å². The number of anilines is 2. The molecule has 5 nitrogen and oxygen atoms in total. The van der Waals surface area contributed by atoms with Gasteiger partial charge in [-0.25, -0.2) is 13.4 Å². The minimum absolute atomic E-state index is 0.0964. The maximum Gasteiger partial charge on any atom is 0.263 e. The van der Waals surface area contributed by atoms with Crippen LogP contribution in [-0.2, 0) is 10.0 Å². The summed E-state index contributed by atoms with van der Waals surface area (Å²) in [5.74, 6) is 0.295. The van der Waals surface area contributed by atoms with E-state index in [1.807, 2.05) is 19.9 Å². The summed E-state index contributed by atoms with van der Waals surface area (Å²) in [6, 6.07) is 8.02. The quantitative estimate of drug-likeness (QED) is 0.829. The molecule has 7 heteroatoms. The third kappa shape index (κ3) is 3.29. The number of aromatic nitrogens is 1. The fourth-order valence-corrected chi connectivity index (χ4v) is 3.05. The van der Waals surface area contributed by atoms with Crippen LogP contribution in [0.1, 0.15) is 11.3 Å². The van der Waals surface area contributed by atoms with Gasteiger partial charge in [-0.15, -0.1) is 0 Å². The van der Waals surface area contributed by atoms with Crippen molar-refractivity contribution in [2.24, 2.45) is 0 Å². The smallest absolute Gasteiger partial charge is 0.263 e. The number of hydrogen-bond acceptors (Lipinski definition) is 4. The minimum Gasteiger partial charge on any atom is -0.398 e. The molecule has 2 rings (SSSR count). The standard InChI is InChI=1S/C13H14BrN3O2S/c1-8-5-9(2)16-13(6-8)17-20(18,19)10-3-4-11(14)12(15)7-10/h3-7H,15H2,1-2H3,(H,16,17). The number of aryl methyl sites for hydroxylation is 2. The van der Waals surface area contributed by atoms with Crippen molar-refractivity contribution in [1.82, 2.24) is 4.98 Å². The minimum atomic E-state index is -3.70. The zero-order valence-corrected chi connectivity index (χ0v) is 13.4. The predicted molar refractivity (Wildman–Crippen MR) is 83.1 cm³/mol. The topological polar surface area (TPSA) is 85.1 Å². The first-order chi connectivity index (χ1) is 9.28. The van der Waals surface area contributed by atoms with E-state index in [1.165, 1.54) is 12.1 Å². The van der Waals surface area contributed by atoms with Crippen molar-refractivity contribution in [3.63, 3.8) is 0 Å². The van der Waals surface area contributed by atoms with Crippen molar-refractivity contribution >= 4 is 37.5 Å². The summed E-state index contributed by atoms with van der Waals surface area (Å²) >= 11 is 3.23. The lowest BCUT2D eigenvalue weighted by Crippen LogP contribution is -2.14. The number of nitrogens with two attached hydrogens (primary N) is 1. The Morgan fingerprint density at radius 2 is 1.90 bits per heavy atom. The van der Waals surface area contributed by atoms with E-state index < -0.39 is 10.0 Å². The highest BCUT2D eigenvalue weighted by Crippen LogP contribution is 2.24. The van der Waals surface area contributed by atoms with Crippen LogP contribution in [0, 0.1) is 13.8 Å². The van der Waals surface area contributed by atoms with E-state index in [0.29, 0.717) is 16.0 Å². The lowest BCUT2D eigenvalue weighted by Gasteiger charge is -2.10. The van der Waals surface area contributed by atoms with Crippen LogP contribution in [0.4, 0.5) is 11.5 Å². The Hall–Kier alpha value is -1.60. The van der Waals surface area contributed by atoms with Crippen LogP contribution in [0.3, 0.4) is 0 Å². The molecule has 0 saturated heterocycles. The van der Waals surface area contributed by atoms with E-state index in [0.717, 1.165) is 11.3 Å². The molecule has 0 aliphatic heterocycles. The number of halogens is 1. The number of nitrogen functional groups attached to an aromatic ring is 1. The molecule has 0 fully saturated rings. The normalized spacial score (nSPS) is 11.3. The molecule has 0 unspecified atom stereocenters. The first-order valence-corrected chi connectivity index (χ1v) is 8.09. The Kier molecular flexibility index (Phi) is 4.01. The molecule has 0 atom stereocenters. The summed E-state index contributed by atoms with van der Waals surface area (Å²) in [7, 11) is -3.70.